The Labute approximate surface area is 109 Å². The van der Waals surface area contributed by atoms with Crippen molar-refractivity contribution in [3.05, 3.63) is 35.6 Å². The Morgan fingerprint density at radius 1 is 1.28 bits per heavy atom. The Morgan fingerprint density at radius 3 is 2.50 bits per heavy atom. The average molecular weight is 253 g/mol. The van der Waals surface area contributed by atoms with E-state index >= 15 is 0 Å². The summed E-state index contributed by atoms with van der Waals surface area (Å²) in [6.45, 7) is 6.89. The number of rotatable bonds is 7. The van der Waals surface area contributed by atoms with Gasteiger partial charge in [0.05, 0.1) is 0 Å². The fourth-order valence-electron chi connectivity index (χ4n) is 1.79. The summed E-state index contributed by atoms with van der Waals surface area (Å²) in [5.74, 6) is 0.333. The highest BCUT2D eigenvalue weighted by Gasteiger charge is 2.22. The lowest BCUT2D eigenvalue weighted by Gasteiger charge is -2.24. The maximum atomic E-state index is 13.8. The molecule has 102 valence electrons. The van der Waals surface area contributed by atoms with Crippen LogP contribution in [0.4, 0.5) is 4.39 Å². The lowest BCUT2D eigenvalue weighted by atomic mass is 10.00. The van der Waals surface area contributed by atoms with Crippen LogP contribution in [0.25, 0.3) is 0 Å². The van der Waals surface area contributed by atoms with Gasteiger partial charge in [-0.05, 0) is 24.8 Å². The summed E-state index contributed by atoms with van der Waals surface area (Å²) >= 11 is 0. The van der Waals surface area contributed by atoms with E-state index in [4.69, 9.17) is 10.5 Å². The molecule has 0 aliphatic rings. The topological polar surface area (TPSA) is 35.2 Å². The van der Waals surface area contributed by atoms with Gasteiger partial charge in [0, 0.05) is 18.2 Å². The number of hydrogen-bond donors (Lipinski definition) is 1. The van der Waals surface area contributed by atoms with Gasteiger partial charge in [-0.1, -0.05) is 39.0 Å². The summed E-state index contributed by atoms with van der Waals surface area (Å²) in [5, 5.41) is 0. The minimum absolute atomic E-state index is 0.172. The third-order valence-electron chi connectivity index (χ3n) is 3.06. The number of ether oxygens (including phenoxy) is 1. The Bertz CT molecular complexity index is 354. The van der Waals surface area contributed by atoms with Crippen molar-refractivity contribution in [1.29, 1.82) is 0 Å². The normalized spacial score (nSPS) is 14.8. The second kappa shape index (κ2) is 7.49. The van der Waals surface area contributed by atoms with Gasteiger partial charge in [-0.25, -0.2) is 4.39 Å². The molecule has 0 aliphatic carbocycles. The van der Waals surface area contributed by atoms with Crippen molar-refractivity contribution in [2.75, 3.05) is 6.61 Å². The fraction of sp³-hybridized carbons (Fsp3) is 0.600. The van der Waals surface area contributed by atoms with Crippen LogP contribution in [0.1, 0.15) is 45.3 Å². The van der Waals surface area contributed by atoms with Gasteiger partial charge in [-0.3, -0.25) is 0 Å². The molecular weight excluding hydrogens is 229 g/mol. The summed E-state index contributed by atoms with van der Waals surface area (Å²) in [6, 6.07) is 6.54. The van der Waals surface area contributed by atoms with Gasteiger partial charge < -0.3 is 10.5 Å². The zero-order valence-electron chi connectivity index (χ0n) is 11.5. The molecular formula is C15H24FNO. The molecule has 0 spiro atoms. The Kier molecular flexibility index (Phi) is 6.30. The first-order chi connectivity index (χ1) is 8.56. The van der Waals surface area contributed by atoms with E-state index in [0.717, 1.165) is 12.8 Å². The van der Waals surface area contributed by atoms with Crippen molar-refractivity contribution in [2.45, 2.75) is 45.8 Å². The van der Waals surface area contributed by atoms with Crippen molar-refractivity contribution < 1.29 is 9.13 Å². The van der Waals surface area contributed by atoms with E-state index in [1.54, 1.807) is 12.1 Å². The molecule has 0 saturated carbocycles. The summed E-state index contributed by atoms with van der Waals surface area (Å²) in [5.41, 5.74) is 6.61. The van der Waals surface area contributed by atoms with E-state index in [0.29, 0.717) is 18.1 Å². The Morgan fingerprint density at radius 2 is 1.94 bits per heavy atom. The van der Waals surface area contributed by atoms with Crippen molar-refractivity contribution in [1.82, 2.24) is 0 Å². The number of halogens is 1. The average Bonchev–Trinajstić information content (AvgIpc) is 2.35. The summed E-state index contributed by atoms with van der Waals surface area (Å²) < 4.78 is 19.6. The standard InChI is InChI=1S/C15H24FNO/c1-4-14(17)15(18-10-9-11(2)3)12-7-5-6-8-13(12)16/h5-8,11,14-15H,4,9-10,17H2,1-3H3. The number of hydrogen-bond acceptors (Lipinski definition) is 2. The molecule has 2 atom stereocenters. The van der Waals surface area contributed by atoms with Gasteiger partial charge in [0.1, 0.15) is 11.9 Å². The largest absolute Gasteiger partial charge is 0.372 e. The van der Waals surface area contributed by atoms with E-state index in [1.807, 2.05) is 13.0 Å². The van der Waals surface area contributed by atoms with Crippen LogP contribution in [0, 0.1) is 11.7 Å². The van der Waals surface area contributed by atoms with Crippen LogP contribution < -0.4 is 5.73 Å². The monoisotopic (exact) mass is 253 g/mol. The number of benzene rings is 1. The van der Waals surface area contributed by atoms with Crippen LogP contribution in [-0.2, 0) is 4.74 Å². The quantitative estimate of drug-likeness (QED) is 0.804. The van der Waals surface area contributed by atoms with E-state index in [-0.39, 0.29) is 18.0 Å². The molecule has 0 heterocycles. The van der Waals surface area contributed by atoms with E-state index in [2.05, 4.69) is 13.8 Å². The maximum absolute atomic E-state index is 13.8. The summed E-state index contributed by atoms with van der Waals surface area (Å²) in [4.78, 5) is 0. The third-order valence-corrected chi connectivity index (χ3v) is 3.06. The van der Waals surface area contributed by atoms with Crippen LogP contribution in [0.15, 0.2) is 24.3 Å². The lowest BCUT2D eigenvalue weighted by Crippen LogP contribution is -2.30. The molecule has 3 heteroatoms. The van der Waals surface area contributed by atoms with Crippen molar-refractivity contribution in [2.24, 2.45) is 11.7 Å². The second-order valence-electron chi connectivity index (χ2n) is 5.07. The third kappa shape index (κ3) is 4.39. The highest BCUT2D eigenvalue weighted by molar-refractivity contribution is 5.21. The van der Waals surface area contributed by atoms with Gasteiger partial charge in [-0.15, -0.1) is 0 Å². The van der Waals surface area contributed by atoms with Crippen LogP contribution in [-0.4, -0.2) is 12.6 Å². The zero-order chi connectivity index (χ0) is 13.5. The molecule has 2 N–H and O–H groups in total. The van der Waals surface area contributed by atoms with Gasteiger partial charge in [0.2, 0.25) is 0 Å². The molecule has 2 unspecified atom stereocenters. The molecule has 0 bridgehead atoms. The Hall–Kier alpha value is -0.930. The van der Waals surface area contributed by atoms with Gasteiger partial charge in [0.15, 0.2) is 0 Å². The summed E-state index contributed by atoms with van der Waals surface area (Å²) in [7, 11) is 0. The highest BCUT2D eigenvalue weighted by Crippen LogP contribution is 2.25. The molecule has 0 saturated heterocycles. The van der Waals surface area contributed by atoms with Gasteiger partial charge in [-0.2, -0.15) is 0 Å². The smallest absolute Gasteiger partial charge is 0.129 e. The van der Waals surface area contributed by atoms with E-state index in [1.165, 1.54) is 6.07 Å². The van der Waals surface area contributed by atoms with Gasteiger partial charge in [0.25, 0.3) is 0 Å². The number of nitrogens with two attached hydrogens (primary N) is 1. The first-order valence-electron chi connectivity index (χ1n) is 6.67. The first kappa shape index (κ1) is 15.1. The minimum atomic E-state index is -0.352. The highest BCUT2D eigenvalue weighted by atomic mass is 19.1. The van der Waals surface area contributed by atoms with Crippen LogP contribution in [0.5, 0.6) is 0 Å². The van der Waals surface area contributed by atoms with Crippen molar-refractivity contribution in [3.8, 4) is 0 Å². The molecule has 0 aliphatic heterocycles. The van der Waals surface area contributed by atoms with E-state index in [9.17, 15) is 4.39 Å². The van der Waals surface area contributed by atoms with Gasteiger partial charge >= 0.3 is 0 Å². The van der Waals surface area contributed by atoms with Crippen molar-refractivity contribution in [3.63, 3.8) is 0 Å². The zero-order valence-corrected chi connectivity index (χ0v) is 11.5. The molecule has 0 fully saturated rings. The molecule has 0 amide bonds. The van der Waals surface area contributed by atoms with Crippen LogP contribution >= 0.6 is 0 Å². The first-order valence-corrected chi connectivity index (χ1v) is 6.67. The lowest BCUT2D eigenvalue weighted by molar-refractivity contribution is 0.0253. The van der Waals surface area contributed by atoms with Crippen LogP contribution in [0.3, 0.4) is 0 Å². The molecule has 18 heavy (non-hydrogen) atoms. The predicted octanol–water partition coefficient (Wildman–Crippen LogP) is 3.67. The minimum Gasteiger partial charge on any atom is -0.372 e. The second-order valence-corrected chi connectivity index (χ2v) is 5.07. The molecule has 0 radical (unpaired) electrons. The maximum Gasteiger partial charge on any atom is 0.129 e. The molecule has 0 aromatic heterocycles. The molecule has 1 aromatic rings. The Balaban J connectivity index is 2.75. The van der Waals surface area contributed by atoms with Crippen molar-refractivity contribution >= 4 is 0 Å². The van der Waals surface area contributed by atoms with Crippen LogP contribution in [0.2, 0.25) is 0 Å². The fourth-order valence-corrected chi connectivity index (χ4v) is 1.79. The predicted molar refractivity (Wildman–Crippen MR) is 72.8 cm³/mol. The molecule has 2 nitrogen and oxygen atoms in total. The summed E-state index contributed by atoms with van der Waals surface area (Å²) in [6.07, 6.45) is 1.37. The SMILES string of the molecule is CCC(N)C(OCCC(C)C)c1ccccc1F. The van der Waals surface area contributed by atoms with E-state index < -0.39 is 0 Å². The molecule has 1 aromatic carbocycles. The molecule has 1 rings (SSSR count).